The molecule has 2 rings (SSSR count). The van der Waals surface area contributed by atoms with Crippen LogP contribution in [0, 0.1) is 13.8 Å². The van der Waals surface area contributed by atoms with Crippen LogP contribution in [0.5, 0.6) is 0 Å². The Hall–Kier alpha value is -2.27. The van der Waals surface area contributed by atoms with Gasteiger partial charge in [0.25, 0.3) is 0 Å². The molecule has 5 nitrogen and oxygen atoms in total. The van der Waals surface area contributed by atoms with Crippen LogP contribution in [0.4, 0.5) is 10.5 Å². The zero-order chi connectivity index (χ0) is 14.5. The monoisotopic (exact) mass is 274 g/mol. The van der Waals surface area contributed by atoms with Gasteiger partial charge in [0.2, 0.25) is 0 Å². The van der Waals surface area contributed by atoms with Crippen LogP contribution >= 0.6 is 0 Å². The Morgan fingerprint density at radius 1 is 1.25 bits per heavy atom. The average Bonchev–Trinajstić information content (AvgIpc) is 2.85. The maximum Gasteiger partial charge on any atom is 0.319 e. The molecule has 0 spiro atoms. The highest BCUT2D eigenvalue weighted by molar-refractivity contribution is 5.90. The highest BCUT2D eigenvalue weighted by Crippen LogP contribution is 2.15. The number of para-hydroxylation sites is 1. The lowest BCUT2D eigenvalue weighted by Crippen LogP contribution is -2.32. The molecule has 1 aromatic carbocycles. The van der Waals surface area contributed by atoms with Crippen molar-refractivity contribution in [2.75, 3.05) is 11.9 Å². The van der Waals surface area contributed by atoms with Crippen LogP contribution in [0.1, 0.15) is 23.2 Å². The lowest BCUT2D eigenvalue weighted by Gasteiger charge is -2.12. The Bertz CT molecular complexity index is 592. The molecule has 1 atom stereocenters. The first-order valence-corrected chi connectivity index (χ1v) is 6.41. The molecular formula is C15H18N2O3. The van der Waals surface area contributed by atoms with E-state index in [4.69, 9.17) is 4.42 Å². The molecule has 2 aromatic rings. The number of hydrogen-bond acceptors (Lipinski definition) is 3. The Labute approximate surface area is 117 Å². The quantitative estimate of drug-likeness (QED) is 0.802. The SMILES string of the molecule is Cc1ccc([C@H](O)CNC(=O)Nc2ccccc2C)o1. The number of carbonyl (C=O) groups excluding carboxylic acids is 1. The van der Waals surface area contributed by atoms with Crippen molar-refractivity contribution in [3.8, 4) is 0 Å². The van der Waals surface area contributed by atoms with Crippen LogP contribution in [-0.2, 0) is 0 Å². The van der Waals surface area contributed by atoms with Crippen molar-refractivity contribution in [1.82, 2.24) is 5.32 Å². The normalized spacial score (nSPS) is 11.9. The molecule has 106 valence electrons. The fourth-order valence-corrected chi connectivity index (χ4v) is 1.80. The number of aliphatic hydroxyl groups is 1. The zero-order valence-electron chi connectivity index (χ0n) is 11.5. The number of furan rings is 1. The topological polar surface area (TPSA) is 74.5 Å². The van der Waals surface area contributed by atoms with E-state index < -0.39 is 6.10 Å². The van der Waals surface area contributed by atoms with Crippen molar-refractivity contribution in [3.63, 3.8) is 0 Å². The van der Waals surface area contributed by atoms with Gasteiger partial charge in [-0.3, -0.25) is 0 Å². The molecule has 0 saturated carbocycles. The number of rotatable bonds is 4. The van der Waals surface area contributed by atoms with Crippen LogP contribution < -0.4 is 10.6 Å². The van der Waals surface area contributed by atoms with E-state index in [1.807, 2.05) is 31.2 Å². The van der Waals surface area contributed by atoms with Gasteiger partial charge in [0.15, 0.2) is 0 Å². The van der Waals surface area contributed by atoms with E-state index in [2.05, 4.69) is 10.6 Å². The minimum absolute atomic E-state index is 0.0880. The van der Waals surface area contributed by atoms with Gasteiger partial charge in [0, 0.05) is 5.69 Å². The number of anilines is 1. The van der Waals surface area contributed by atoms with Gasteiger partial charge in [-0.2, -0.15) is 0 Å². The van der Waals surface area contributed by atoms with Gasteiger partial charge in [0.1, 0.15) is 17.6 Å². The van der Waals surface area contributed by atoms with Crippen molar-refractivity contribution in [2.45, 2.75) is 20.0 Å². The minimum Gasteiger partial charge on any atom is -0.464 e. The first kappa shape index (κ1) is 14.1. The second-order valence-corrected chi connectivity index (χ2v) is 4.61. The van der Waals surface area contributed by atoms with Crippen molar-refractivity contribution in [1.29, 1.82) is 0 Å². The van der Waals surface area contributed by atoms with Crippen LogP contribution in [-0.4, -0.2) is 17.7 Å². The molecule has 0 aliphatic carbocycles. The molecule has 0 aliphatic heterocycles. The number of aliphatic hydroxyl groups excluding tert-OH is 1. The number of urea groups is 1. The molecule has 3 N–H and O–H groups in total. The molecule has 0 fully saturated rings. The van der Waals surface area contributed by atoms with Gasteiger partial charge in [-0.05, 0) is 37.6 Å². The van der Waals surface area contributed by atoms with Crippen LogP contribution in [0.15, 0.2) is 40.8 Å². The van der Waals surface area contributed by atoms with Crippen LogP contribution in [0.2, 0.25) is 0 Å². The number of hydrogen-bond donors (Lipinski definition) is 3. The van der Waals surface area contributed by atoms with E-state index in [1.54, 1.807) is 19.1 Å². The third-order valence-electron chi connectivity index (χ3n) is 2.94. The molecule has 1 heterocycles. The van der Waals surface area contributed by atoms with E-state index in [1.165, 1.54) is 0 Å². The van der Waals surface area contributed by atoms with E-state index in [0.29, 0.717) is 5.76 Å². The average molecular weight is 274 g/mol. The smallest absolute Gasteiger partial charge is 0.319 e. The minimum atomic E-state index is -0.855. The van der Waals surface area contributed by atoms with Gasteiger partial charge in [-0.1, -0.05) is 18.2 Å². The summed E-state index contributed by atoms with van der Waals surface area (Å²) in [4.78, 5) is 11.7. The number of amides is 2. The second kappa shape index (κ2) is 6.25. The highest BCUT2D eigenvalue weighted by Gasteiger charge is 2.13. The largest absolute Gasteiger partial charge is 0.464 e. The fraction of sp³-hybridized carbons (Fsp3) is 0.267. The summed E-state index contributed by atoms with van der Waals surface area (Å²) in [7, 11) is 0. The summed E-state index contributed by atoms with van der Waals surface area (Å²) in [6.45, 7) is 3.80. The van der Waals surface area contributed by atoms with Gasteiger partial charge >= 0.3 is 6.03 Å². The molecular weight excluding hydrogens is 256 g/mol. The second-order valence-electron chi connectivity index (χ2n) is 4.61. The highest BCUT2D eigenvalue weighted by atomic mass is 16.4. The zero-order valence-corrected chi connectivity index (χ0v) is 11.5. The van der Waals surface area contributed by atoms with Crippen molar-refractivity contribution in [3.05, 3.63) is 53.5 Å². The van der Waals surface area contributed by atoms with Gasteiger partial charge in [-0.25, -0.2) is 4.79 Å². The maximum atomic E-state index is 11.7. The summed E-state index contributed by atoms with van der Waals surface area (Å²) in [5.41, 5.74) is 1.72. The van der Waals surface area contributed by atoms with E-state index in [0.717, 1.165) is 17.0 Å². The molecule has 0 aliphatic rings. The van der Waals surface area contributed by atoms with E-state index in [9.17, 15) is 9.90 Å². The van der Waals surface area contributed by atoms with Crippen LogP contribution in [0.3, 0.4) is 0 Å². The number of benzene rings is 1. The lowest BCUT2D eigenvalue weighted by molar-refractivity contribution is 0.148. The summed E-state index contributed by atoms with van der Waals surface area (Å²) in [5, 5.41) is 15.2. The standard InChI is InChI=1S/C15H18N2O3/c1-10-5-3-4-6-12(10)17-15(19)16-9-13(18)14-8-7-11(2)20-14/h3-8,13,18H,9H2,1-2H3,(H2,16,17,19)/t13-/m1/s1. The van der Waals surface area contributed by atoms with Gasteiger partial charge in [-0.15, -0.1) is 0 Å². The Balaban J connectivity index is 1.85. The molecule has 5 heteroatoms. The molecule has 0 saturated heterocycles. The Kier molecular flexibility index (Phi) is 4.42. The summed E-state index contributed by atoms with van der Waals surface area (Å²) in [6, 6.07) is 10.6. The Morgan fingerprint density at radius 2 is 2.00 bits per heavy atom. The van der Waals surface area contributed by atoms with Crippen LogP contribution in [0.25, 0.3) is 0 Å². The summed E-state index contributed by atoms with van der Waals surface area (Å²) in [6.07, 6.45) is -0.855. The number of aryl methyl sites for hydroxylation is 2. The van der Waals surface area contributed by atoms with Gasteiger partial charge < -0.3 is 20.2 Å². The first-order valence-electron chi connectivity index (χ1n) is 6.41. The van der Waals surface area contributed by atoms with E-state index >= 15 is 0 Å². The third-order valence-corrected chi connectivity index (χ3v) is 2.94. The predicted octanol–water partition coefficient (Wildman–Crippen LogP) is 2.75. The number of carbonyl (C=O) groups is 1. The van der Waals surface area contributed by atoms with Crippen molar-refractivity contribution in [2.24, 2.45) is 0 Å². The summed E-state index contributed by atoms with van der Waals surface area (Å²) in [5.74, 6) is 1.17. The van der Waals surface area contributed by atoms with Crippen molar-refractivity contribution < 1.29 is 14.3 Å². The molecule has 20 heavy (non-hydrogen) atoms. The first-order chi connectivity index (χ1) is 9.56. The maximum absolute atomic E-state index is 11.7. The fourth-order valence-electron chi connectivity index (χ4n) is 1.80. The lowest BCUT2D eigenvalue weighted by atomic mass is 10.2. The predicted molar refractivity (Wildman–Crippen MR) is 76.6 cm³/mol. The molecule has 0 radical (unpaired) electrons. The Morgan fingerprint density at radius 3 is 2.65 bits per heavy atom. The summed E-state index contributed by atoms with van der Waals surface area (Å²) < 4.78 is 5.29. The molecule has 2 amide bonds. The molecule has 0 unspecified atom stereocenters. The summed E-state index contributed by atoms with van der Waals surface area (Å²) >= 11 is 0. The van der Waals surface area contributed by atoms with Crippen molar-refractivity contribution >= 4 is 11.7 Å². The molecule has 0 bridgehead atoms. The third kappa shape index (κ3) is 3.61. The number of nitrogens with one attached hydrogen (secondary N) is 2. The van der Waals surface area contributed by atoms with E-state index in [-0.39, 0.29) is 12.6 Å². The van der Waals surface area contributed by atoms with Gasteiger partial charge in [0.05, 0.1) is 6.54 Å². The molecule has 1 aromatic heterocycles.